The van der Waals surface area contributed by atoms with Gasteiger partial charge in [0.2, 0.25) is 11.2 Å². The summed E-state index contributed by atoms with van der Waals surface area (Å²) < 4.78 is 5.91. The lowest BCUT2D eigenvalue weighted by Crippen LogP contribution is -2.26. The number of hydrogen-bond acceptors (Lipinski definition) is 5. The number of fused-ring (bicyclic) bond motifs is 1. The summed E-state index contributed by atoms with van der Waals surface area (Å²) in [5.41, 5.74) is 0. The Morgan fingerprint density at radius 2 is 2.33 bits per heavy atom. The number of ether oxygens (including phenoxy) is 1. The lowest BCUT2D eigenvalue weighted by molar-refractivity contribution is 0.230. The third kappa shape index (κ3) is 3.30. The van der Waals surface area contributed by atoms with Crippen molar-refractivity contribution in [1.82, 2.24) is 14.9 Å². The fourth-order valence-corrected chi connectivity index (χ4v) is 4.01. The number of aromatic nitrogens is 2. The van der Waals surface area contributed by atoms with Crippen LogP contribution >= 0.6 is 22.9 Å². The summed E-state index contributed by atoms with van der Waals surface area (Å²) in [5.74, 6) is 0.626. The second-order valence-corrected chi connectivity index (χ2v) is 6.95. The molecule has 0 spiro atoms. The van der Waals surface area contributed by atoms with E-state index in [4.69, 9.17) is 16.3 Å². The van der Waals surface area contributed by atoms with E-state index in [0.29, 0.717) is 18.5 Å². The predicted molar refractivity (Wildman–Crippen MR) is 87.6 cm³/mol. The molecule has 2 aromatic heterocycles. The Hall–Kier alpha value is -0.910. The number of halogens is 1. The number of hydrogen-bond donors (Lipinski definition) is 0. The van der Waals surface area contributed by atoms with Crippen LogP contribution < -0.4 is 4.74 Å². The van der Waals surface area contributed by atoms with Gasteiger partial charge in [0.05, 0.1) is 12.0 Å². The van der Waals surface area contributed by atoms with Gasteiger partial charge in [-0.05, 0) is 56.9 Å². The van der Waals surface area contributed by atoms with Gasteiger partial charge >= 0.3 is 0 Å². The molecule has 0 saturated carbocycles. The van der Waals surface area contributed by atoms with Gasteiger partial charge in [-0.2, -0.15) is 4.98 Å². The summed E-state index contributed by atoms with van der Waals surface area (Å²) in [6, 6.07) is 2.75. The molecule has 3 heterocycles. The number of thiophene rings is 1. The van der Waals surface area contributed by atoms with E-state index in [-0.39, 0.29) is 5.28 Å². The SMILES string of the molecule is CCc1cc2c(OCCC3CCCN3C)nc(Cl)nc2s1. The van der Waals surface area contributed by atoms with E-state index in [1.54, 1.807) is 11.3 Å². The van der Waals surface area contributed by atoms with E-state index in [1.165, 1.54) is 24.3 Å². The van der Waals surface area contributed by atoms with Gasteiger partial charge in [0.1, 0.15) is 4.83 Å². The molecule has 1 atom stereocenters. The third-order valence-corrected chi connectivity index (χ3v) is 5.43. The van der Waals surface area contributed by atoms with Gasteiger partial charge in [0.15, 0.2) is 0 Å². The standard InChI is InChI=1S/C15H20ClN3OS/c1-3-11-9-12-13(17-15(16)18-14(12)21-11)20-8-6-10-5-4-7-19(10)2/h9-10H,3-8H2,1-2H3. The molecule has 114 valence electrons. The first-order chi connectivity index (χ1) is 10.2. The molecule has 0 N–H and O–H groups in total. The van der Waals surface area contributed by atoms with Crippen LogP contribution in [0.2, 0.25) is 5.28 Å². The molecule has 21 heavy (non-hydrogen) atoms. The predicted octanol–water partition coefficient (Wildman–Crippen LogP) is 3.77. The summed E-state index contributed by atoms with van der Waals surface area (Å²) in [7, 11) is 2.18. The lowest BCUT2D eigenvalue weighted by atomic mass is 10.1. The Balaban J connectivity index is 1.72. The molecule has 0 radical (unpaired) electrons. The molecule has 0 bridgehead atoms. The Morgan fingerprint density at radius 3 is 3.05 bits per heavy atom. The van der Waals surface area contributed by atoms with Crippen LogP contribution in [0.3, 0.4) is 0 Å². The summed E-state index contributed by atoms with van der Waals surface area (Å²) in [6.07, 6.45) is 4.57. The molecule has 0 aromatic carbocycles. The maximum Gasteiger partial charge on any atom is 0.227 e. The molecule has 1 unspecified atom stereocenters. The highest BCUT2D eigenvalue weighted by molar-refractivity contribution is 7.18. The van der Waals surface area contributed by atoms with E-state index >= 15 is 0 Å². The Labute approximate surface area is 134 Å². The van der Waals surface area contributed by atoms with Crippen LogP contribution in [0.15, 0.2) is 6.07 Å². The minimum atomic E-state index is 0.264. The first-order valence-corrected chi connectivity index (χ1v) is 8.66. The van der Waals surface area contributed by atoms with Crippen LogP contribution in [0.25, 0.3) is 10.2 Å². The first-order valence-electron chi connectivity index (χ1n) is 7.46. The summed E-state index contributed by atoms with van der Waals surface area (Å²) in [4.78, 5) is 13.1. The van der Waals surface area contributed by atoms with E-state index < -0.39 is 0 Å². The van der Waals surface area contributed by atoms with Crippen molar-refractivity contribution < 1.29 is 4.74 Å². The van der Waals surface area contributed by atoms with Crippen LogP contribution in [0.4, 0.5) is 0 Å². The fraction of sp³-hybridized carbons (Fsp3) is 0.600. The van der Waals surface area contributed by atoms with Crippen molar-refractivity contribution in [3.05, 3.63) is 16.2 Å². The van der Waals surface area contributed by atoms with Gasteiger partial charge in [-0.15, -0.1) is 11.3 Å². The van der Waals surface area contributed by atoms with Crippen molar-refractivity contribution >= 4 is 33.2 Å². The largest absolute Gasteiger partial charge is 0.477 e. The molecule has 3 rings (SSSR count). The van der Waals surface area contributed by atoms with E-state index in [0.717, 1.165) is 23.1 Å². The van der Waals surface area contributed by atoms with Crippen LogP contribution in [0.1, 0.15) is 31.1 Å². The third-order valence-electron chi connectivity index (χ3n) is 4.09. The molecule has 4 nitrogen and oxygen atoms in total. The minimum absolute atomic E-state index is 0.264. The highest BCUT2D eigenvalue weighted by Gasteiger charge is 2.21. The van der Waals surface area contributed by atoms with Gasteiger partial charge < -0.3 is 9.64 Å². The Kier molecular flexibility index (Phi) is 4.62. The molecule has 6 heteroatoms. The normalized spacial score (nSPS) is 19.5. The summed E-state index contributed by atoms with van der Waals surface area (Å²) in [6.45, 7) is 4.00. The quantitative estimate of drug-likeness (QED) is 0.784. The number of rotatable bonds is 5. The molecule has 2 aromatic rings. The minimum Gasteiger partial charge on any atom is -0.477 e. The van der Waals surface area contributed by atoms with E-state index in [9.17, 15) is 0 Å². The van der Waals surface area contributed by atoms with Gasteiger partial charge in [-0.3, -0.25) is 0 Å². The zero-order valence-corrected chi connectivity index (χ0v) is 14.0. The number of likely N-dealkylation sites (tertiary alicyclic amines) is 1. The molecule has 1 fully saturated rings. The molecule has 1 aliphatic heterocycles. The monoisotopic (exact) mass is 325 g/mol. The van der Waals surface area contributed by atoms with Crippen molar-refractivity contribution in [2.45, 2.75) is 38.6 Å². The first kappa shape index (κ1) is 15.0. The zero-order valence-electron chi connectivity index (χ0n) is 12.4. The maximum absolute atomic E-state index is 6.00. The average molecular weight is 326 g/mol. The number of aryl methyl sites for hydroxylation is 1. The summed E-state index contributed by atoms with van der Waals surface area (Å²) in [5, 5.41) is 1.25. The molecule has 0 amide bonds. The Morgan fingerprint density at radius 1 is 1.48 bits per heavy atom. The smallest absolute Gasteiger partial charge is 0.227 e. The highest BCUT2D eigenvalue weighted by Crippen LogP contribution is 2.32. The molecular formula is C15H20ClN3OS. The van der Waals surface area contributed by atoms with Gasteiger partial charge in [-0.1, -0.05) is 6.92 Å². The lowest BCUT2D eigenvalue weighted by Gasteiger charge is -2.19. The number of nitrogens with zero attached hydrogens (tertiary/aromatic N) is 3. The molecule has 1 aliphatic rings. The van der Waals surface area contributed by atoms with Crippen LogP contribution in [0, 0.1) is 0 Å². The van der Waals surface area contributed by atoms with E-state index in [2.05, 4.69) is 34.9 Å². The van der Waals surface area contributed by atoms with Crippen molar-refractivity contribution in [2.75, 3.05) is 20.2 Å². The van der Waals surface area contributed by atoms with Gasteiger partial charge in [-0.25, -0.2) is 4.98 Å². The summed E-state index contributed by atoms with van der Waals surface area (Å²) >= 11 is 7.66. The maximum atomic E-state index is 6.00. The van der Waals surface area contributed by atoms with Gasteiger partial charge in [0, 0.05) is 10.9 Å². The topological polar surface area (TPSA) is 38.2 Å². The molecular weight excluding hydrogens is 306 g/mol. The second-order valence-electron chi connectivity index (χ2n) is 5.50. The van der Waals surface area contributed by atoms with Crippen molar-refractivity contribution in [1.29, 1.82) is 0 Å². The van der Waals surface area contributed by atoms with Gasteiger partial charge in [0.25, 0.3) is 0 Å². The van der Waals surface area contributed by atoms with Crippen LogP contribution in [0.5, 0.6) is 5.88 Å². The molecule has 0 aliphatic carbocycles. The highest BCUT2D eigenvalue weighted by atomic mass is 35.5. The van der Waals surface area contributed by atoms with E-state index in [1.807, 2.05) is 0 Å². The fourth-order valence-electron chi connectivity index (χ4n) is 2.84. The van der Waals surface area contributed by atoms with Crippen LogP contribution in [-0.2, 0) is 6.42 Å². The Bertz CT molecular complexity index is 631. The van der Waals surface area contributed by atoms with Crippen molar-refractivity contribution in [3.63, 3.8) is 0 Å². The van der Waals surface area contributed by atoms with Crippen molar-refractivity contribution in [3.8, 4) is 5.88 Å². The zero-order chi connectivity index (χ0) is 14.8. The van der Waals surface area contributed by atoms with Crippen molar-refractivity contribution in [2.24, 2.45) is 0 Å². The average Bonchev–Trinajstić information content (AvgIpc) is 3.05. The van der Waals surface area contributed by atoms with Crippen LogP contribution in [-0.4, -0.2) is 41.1 Å². The second kappa shape index (κ2) is 6.46. The molecule has 1 saturated heterocycles.